The molecule has 1 aromatic carbocycles. The first-order valence-corrected chi connectivity index (χ1v) is 12.0. The molecule has 1 saturated heterocycles. The van der Waals surface area contributed by atoms with E-state index in [-0.39, 0.29) is 36.9 Å². The number of benzene rings is 1. The minimum Gasteiger partial charge on any atom is -0.352 e. The number of allylic oxidation sites excluding steroid dienone is 1. The first kappa shape index (κ1) is 22.8. The van der Waals surface area contributed by atoms with E-state index in [0.717, 1.165) is 17.6 Å². The van der Waals surface area contributed by atoms with Crippen molar-refractivity contribution in [1.29, 1.82) is 5.26 Å². The number of nitrogens with zero attached hydrogens (tertiary/aromatic N) is 4. The Bertz CT molecular complexity index is 1030. The zero-order chi connectivity index (χ0) is 22.8. The number of nitriles is 1. The van der Waals surface area contributed by atoms with E-state index in [9.17, 15) is 23.3 Å². The van der Waals surface area contributed by atoms with Crippen LogP contribution in [0.2, 0.25) is 0 Å². The number of nitrogens with one attached hydrogen (secondary N) is 1. The first-order chi connectivity index (χ1) is 14.6. The predicted molar refractivity (Wildman–Crippen MR) is 118 cm³/mol. The van der Waals surface area contributed by atoms with Gasteiger partial charge in [0.1, 0.15) is 17.5 Å². The number of anilines is 2. The maximum absolute atomic E-state index is 12.8. The number of amides is 1. The van der Waals surface area contributed by atoms with E-state index in [1.54, 1.807) is 23.9 Å². The molecule has 2 aliphatic heterocycles. The van der Waals surface area contributed by atoms with Gasteiger partial charge in [-0.2, -0.15) is 5.26 Å². The van der Waals surface area contributed by atoms with E-state index in [0.29, 0.717) is 25.2 Å². The lowest BCUT2D eigenvalue weighted by molar-refractivity contribution is -0.124. The van der Waals surface area contributed by atoms with Gasteiger partial charge in [0.05, 0.1) is 17.6 Å². The summed E-state index contributed by atoms with van der Waals surface area (Å²) in [6.07, 6.45) is 2.35. The molecule has 0 bridgehead atoms. The summed E-state index contributed by atoms with van der Waals surface area (Å²) in [6.45, 7) is 0.687. The Kier molecular flexibility index (Phi) is 6.67. The highest BCUT2D eigenvalue weighted by atomic mass is 32.2. The molecule has 1 amide bonds. The van der Waals surface area contributed by atoms with Crippen LogP contribution in [0, 0.1) is 11.3 Å². The monoisotopic (exact) mass is 445 g/mol. The third kappa shape index (κ3) is 4.89. The fraction of sp³-hybridized carbons (Fsp3) is 0.476. The summed E-state index contributed by atoms with van der Waals surface area (Å²) < 4.78 is 24.8. The standard InChI is InChI=1S/C21H27N5O4S/c1-24-17-8-4-5-9-18(17)25(2)21(24)16(13-22)19(27)10-11-20(28)23-15-7-6-12-26(14-15)31(3,29)30/h4-5,8-9,15H,6-7,10-12,14H2,1-3H3,(H,23,28). The molecule has 0 saturated carbocycles. The lowest BCUT2D eigenvalue weighted by Crippen LogP contribution is -2.49. The van der Waals surface area contributed by atoms with Crippen molar-refractivity contribution in [2.75, 3.05) is 43.2 Å². The number of hydrogen-bond acceptors (Lipinski definition) is 7. The number of sulfonamides is 1. The second-order valence-corrected chi connectivity index (χ2v) is 9.85. The summed E-state index contributed by atoms with van der Waals surface area (Å²) in [6, 6.07) is 9.34. The number of Topliss-reactive ketones (excluding diaryl/α,β-unsaturated/α-hetero) is 1. The van der Waals surface area contributed by atoms with E-state index in [1.165, 1.54) is 4.31 Å². The van der Waals surface area contributed by atoms with Gasteiger partial charge in [0, 0.05) is 46.1 Å². The summed E-state index contributed by atoms with van der Waals surface area (Å²) in [7, 11) is 0.293. The number of carbonyl (C=O) groups excluding carboxylic acids is 2. The number of piperidine rings is 1. The fourth-order valence-corrected chi connectivity index (χ4v) is 4.98. The Morgan fingerprint density at radius 2 is 1.77 bits per heavy atom. The van der Waals surface area contributed by atoms with Gasteiger partial charge in [0.15, 0.2) is 5.78 Å². The summed E-state index contributed by atoms with van der Waals surface area (Å²) in [4.78, 5) is 28.7. The largest absolute Gasteiger partial charge is 0.352 e. The lowest BCUT2D eigenvalue weighted by Gasteiger charge is -2.31. The van der Waals surface area contributed by atoms with Gasteiger partial charge >= 0.3 is 0 Å². The van der Waals surface area contributed by atoms with Gasteiger partial charge in [-0.05, 0) is 25.0 Å². The van der Waals surface area contributed by atoms with Crippen molar-refractivity contribution < 1.29 is 18.0 Å². The molecule has 1 fully saturated rings. The molecular weight excluding hydrogens is 418 g/mol. The van der Waals surface area contributed by atoms with Gasteiger partial charge in [0.25, 0.3) is 0 Å². The fourth-order valence-electron chi connectivity index (χ4n) is 4.07. The highest BCUT2D eigenvalue weighted by Gasteiger charge is 2.31. The molecule has 10 heteroatoms. The van der Waals surface area contributed by atoms with E-state index >= 15 is 0 Å². The van der Waals surface area contributed by atoms with Gasteiger partial charge in [-0.1, -0.05) is 12.1 Å². The van der Waals surface area contributed by atoms with Gasteiger partial charge < -0.3 is 15.1 Å². The van der Waals surface area contributed by atoms with Crippen molar-refractivity contribution in [1.82, 2.24) is 9.62 Å². The minimum atomic E-state index is -3.30. The van der Waals surface area contributed by atoms with Crippen molar-refractivity contribution in [3.05, 3.63) is 35.7 Å². The van der Waals surface area contributed by atoms with Crippen molar-refractivity contribution in [3.63, 3.8) is 0 Å². The van der Waals surface area contributed by atoms with E-state index in [2.05, 4.69) is 5.32 Å². The van der Waals surface area contributed by atoms with Crippen LogP contribution in [-0.2, 0) is 19.6 Å². The Morgan fingerprint density at radius 3 is 2.32 bits per heavy atom. The molecule has 2 aliphatic rings. The topological polar surface area (TPSA) is 114 Å². The SMILES string of the molecule is CN1C(=C(C#N)C(=O)CCC(=O)NC2CCCN(S(C)(=O)=O)C2)N(C)c2ccccc21. The number of hydrogen-bond donors (Lipinski definition) is 1. The molecule has 0 radical (unpaired) electrons. The molecule has 0 aromatic heterocycles. The van der Waals surface area contributed by atoms with Crippen LogP contribution in [0.25, 0.3) is 0 Å². The number of fused-ring (bicyclic) bond motifs is 1. The number of ketones is 1. The van der Waals surface area contributed by atoms with E-state index in [1.807, 2.05) is 30.3 Å². The maximum atomic E-state index is 12.8. The van der Waals surface area contributed by atoms with Crippen LogP contribution in [0.15, 0.2) is 35.7 Å². The molecule has 166 valence electrons. The highest BCUT2D eigenvalue weighted by molar-refractivity contribution is 7.88. The molecule has 0 spiro atoms. The molecule has 1 unspecified atom stereocenters. The summed E-state index contributed by atoms with van der Waals surface area (Å²) in [5.41, 5.74) is 1.80. The third-order valence-electron chi connectivity index (χ3n) is 5.65. The molecule has 1 N–H and O–H groups in total. The average molecular weight is 446 g/mol. The summed E-state index contributed by atoms with van der Waals surface area (Å²) in [5.74, 6) is -0.238. The van der Waals surface area contributed by atoms with Crippen molar-refractivity contribution in [2.45, 2.75) is 31.7 Å². The van der Waals surface area contributed by atoms with Crippen LogP contribution in [-0.4, -0.2) is 63.9 Å². The summed E-state index contributed by atoms with van der Waals surface area (Å²) >= 11 is 0. The zero-order valence-electron chi connectivity index (χ0n) is 18.0. The maximum Gasteiger partial charge on any atom is 0.220 e. The molecule has 2 heterocycles. The molecule has 9 nitrogen and oxygen atoms in total. The Balaban J connectivity index is 1.63. The number of para-hydroxylation sites is 2. The van der Waals surface area contributed by atoms with Gasteiger partial charge in [-0.15, -0.1) is 0 Å². The Morgan fingerprint density at radius 1 is 1.16 bits per heavy atom. The summed E-state index contributed by atoms with van der Waals surface area (Å²) in [5, 5.41) is 12.5. The number of carbonyl (C=O) groups is 2. The first-order valence-electron chi connectivity index (χ1n) is 10.1. The molecule has 31 heavy (non-hydrogen) atoms. The normalized spacial score (nSPS) is 19.0. The van der Waals surface area contributed by atoms with Gasteiger partial charge in [-0.25, -0.2) is 12.7 Å². The molecule has 1 aromatic rings. The smallest absolute Gasteiger partial charge is 0.220 e. The van der Waals surface area contributed by atoms with E-state index < -0.39 is 15.8 Å². The predicted octanol–water partition coefficient (Wildman–Crippen LogP) is 1.20. The Hall–Kier alpha value is -2.90. The van der Waals surface area contributed by atoms with Crippen molar-refractivity contribution >= 4 is 33.1 Å². The highest BCUT2D eigenvalue weighted by Crippen LogP contribution is 2.40. The average Bonchev–Trinajstić information content (AvgIpc) is 2.98. The quantitative estimate of drug-likeness (QED) is 0.517. The second kappa shape index (κ2) is 9.08. The van der Waals surface area contributed by atoms with Crippen molar-refractivity contribution in [2.24, 2.45) is 0 Å². The zero-order valence-corrected chi connectivity index (χ0v) is 18.8. The Labute approximate surface area is 183 Å². The van der Waals surface area contributed by atoms with Crippen LogP contribution in [0.5, 0.6) is 0 Å². The van der Waals surface area contributed by atoms with Crippen LogP contribution in [0.1, 0.15) is 25.7 Å². The van der Waals surface area contributed by atoms with E-state index in [4.69, 9.17) is 0 Å². The lowest BCUT2D eigenvalue weighted by atomic mass is 10.1. The van der Waals surface area contributed by atoms with Crippen LogP contribution >= 0.6 is 0 Å². The molecule has 3 rings (SSSR count). The molecule has 1 atom stereocenters. The third-order valence-corrected chi connectivity index (χ3v) is 6.92. The van der Waals surface area contributed by atoms with Crippen LogP contribution < -0.4 is 15.1 Å². The van der Waals surface area contributed by atoms with Crippen molar-refractivity contribution in [3.8, 4) is 6.07 Å². The second-order valence-electron chi connectivity index (χ2n) is 7.87. The molecule has 0 aliphatic carbocycles. The van der Waals surface area contributed by atoms with Crippen LogP contribution in [0.3, 0.4) is 0 Å². The molecular formula is C21H27N5O4S. The van der Waals surface area contributed by atoms with Gasteiger partial charge in [0.2, 0.25) is 15.9 Å². The van der Waals surface area contributed by atoms with Gasteiger partial charge in [-0.3, -0.25) is 9.59 Å². The minimum absolute atomic E-state index is 0.00918. The van der Waals surface area contributed by atoms with Crippen LogP contribution in [0.4, 0.5) is 11.4 Å². The number of rotatable bonds is 6.